The van der Waals surface area contributed by atoms with Crippen molar-refractivity contribution in [2.24, 2.45) is 0 Å². The molecule has 3 aromatic rings. The minimum atomic E-state index is -3.68. The summed E-state index contributed by atoms with van der Waals surface area (Å²) in [5.74, 6) is -0.192. The number of anilines is 1. The van der Waals surface area contributed by atoms with E-state index in [1.807, 2.05) is 38.1 Å². The Hall–Kier alpha value is -3.12. The number of amides is 1. The number of rotatable bonds is 7. The fraction of sp³-hybridized carbons (Fsp3) is 0.208. The predicted octanol–water partition coefficient (Wildman–Crippen LogP) is 4.99. The van der Waals surface area contributed by atoms with Gasteiger partial charge in [0.1, 0.15) is 0 Å². The molecule has 0 bridgehead atoms. The zero-order valence-electron chi connectivity index (χ0n) is 17.3. The molecule has 0 aliphatic rings. The third-order valence-corrected chi connectivity index (χ3v) is 6.36. The predicted molar refractivity (Wildman–Crippen MR) is 120 cm³/mol. The van der Waals surface area contributed by atoms with Crippen LogP contribution in [0.1, 0.15) is 46.4 Å². The van der Waals surface area contributed by atoms with Crippen molar-refractivity contribution in [3.05, 3.63) is 95.1 Å². The molecular formula is C24H26N2O3S. The van der Waals surface area contributed by atoms with Crippen LogP contribution in [0.4, 0.5) is 5.69 Å². The van der Waals surface area contributed by atoms with Crippen molar-refractivity contribution >= 4 is 21.6 Å². The van der Waals surface area contributed by atoms with E-state index in [0.717, 1.165) is 12.0 Å². The van der Waals surface area contributed by atoms with Gasteiger partial charge in [0.2, 0.25) is 0 Å². The van der Waals surface area contributed by atoms with Crippen molar-refractivity contribution in [2.75, 3.05) is 4.72 Å². The summed E-state index contributed by atoms with van der Waals surface area (Å²) < 4.78 is 27.7. The Labute approximate surface area is 178 Å². The summed E-state index contributed by atoms with van der Waals surface area (Å²) in [5, 5.41) is 3.06. The fourth-order valence-corrected chi connectivity index (χ4v) is 4.34. The van der Waals surface area contributed by atoms with Crippen LogP contribution < -0.4 is 10.0 Å². The van der Waals surface area contributed by atoms with Gasteiger partial charge in [-0.1, -0.05) is 55.0 Å². The first-order chi connectivity index (χ1) is 14.3. The standard InChI is InChI=1S/C24H26N2O3S/c1-4-22(19-12-10-17(2)11-13-19)25-24(27)20-14-15-23(18(3)16-20)26-30(28,29)21-8-6-5-7-9-21/h5-16,22,26H,4H2,1-3H3,(H,25,27)/t22-/m0/s1. The highest BCUT2D eigenvalue weighted by atomic mass is 32.2. The monoisotopic (exact) mass is 422 g/mol. The van der Waals surface area contributed by atoms with E-state index in [9.17, 15) is 13.2 Å². The fourth-order valence-electron chi connectivity index (χ4n) is 3.18. The maximum Gasteiger partial charge on any atom is 0.261 e. The minimum Gasteiger partial charge on any atom is -0.345 e. The Morgan fingerprint density at radius 2 is 1.60 bits per heavy atom. The van der Waals surface area contributed by atoms with Gasteiger partial charge in [-0.2, -0.15) is 0 Å². The van der Waals surface area contributed by atoms with Crippen molar-refractivity contribution in [1.82, 2.24) is 5.32 Å². The molecule has 3 rings (SSSR count). The third-order valence-electron chi connectivity index (χ3n) is 4.98. The van der Waals surface area contributed by atoms with E-state index in [1.165, 1.54) is 17.7 Å². The van der Waals surface area contributed by atoms with Gasteiger partial charge in [0.25, 0.3) is 15.9 Å². The molecule has 30 heavy (non-hydrogen) atoms. The number of benzene rings is 3. The lowest BCUT2D eigenvalue weighted by molar-refractivity contribution is 0.0935. The molecular weight excluding hydrogens is 396 g/mol. The van der Waals surface area contributed by atoms with Crippen LogP contribution in [0.5, 0.6) is 0 Å². The quantitative estimate of drug-likeness (QED) is 0.563. The van der Waals surface area contributed by atoms with Crippen molar-refractivity contribution in [3.63, 3.8) is 0 Å². The average molecular weight is 423 g/mol. The summed E-state index contributed by atoms with van der Waals surface area (Å²) in [6.07, 6.45) is 0.767. The summed E-state index contributed by atoms with van der Waals surface area (Å²) in [7, 11) is -3.68. The van der Waals surface area contributed by atoms with Crippen LogP contribution in [-0.2, 0) is 10.0 Å². The van der Waals surface area contributed by atoms with Crippen LogP contribution in [0.15, 0.2) is 77.7 Å². The highest BCUT2D eigenvalue weighted by Crippen LogP contribution is 2.22. The minimum absolute atomic E-state index is 0.0883. The third kappa shape index (κ3) is 5.07. The smallest absolute Gasteiger partial charge is 0.261 e. The van der Waals surface area contributed by atoms with E-state index < -0.39 is 10.0 Å². The lowest BCUT2D eigenvalue weighted by Crippen LogP contribution is -2.28. The Morgan fingerprint density at radius 1 is 0.933 bits per heavy atom. The van der Waals surface area contributed by atoms with Crippen LogP contribution in [0.3, 0.4) is 0 Å². The second-order valence-electron chi connectivity index (χ2n) is 7.29. The topological polar surface area (TPSA) is 75.3 Å². The van der Waals surface area contributed by atoms with E-state index in [0.29, 0.717) is 16.8 Å². The number of sulfonamides is 1. The molecule has 0 saturated carbocycles. The van der Waals surface area contributed by atoms with Crippen LogP contribution in [-0.4, -0.2) is 14.3 Å². The van der Waals surface area contributed by atoms with Crippen LogP contribution >= 0.6 is 0 Å². The molecule has 0 aliphatic heterocycles. The van der Waals surface area contributed by atoms with Gasteiger partial charge in [-0.05, 0) is 61.7 Å². The van der Waals surface area contributed by atoms with Gasteiger partial charge in [0.15, 0.2) is 0 Å². The number of carbonyl (C=O) groups excluding carboxylic acids is 1. The SMILES string of the molecule is CC[C@H](NC(=O)c1ccc(NS(=O)(=O)c2ccccc2)c(C)c1)c1ccc(C)cc1. The van der Waals surface area contributed by atoms with Crippen molar-refractivity contribution in [3.8, 4) is 0 Å². The lowest BCUT2D eigenvalue weighted by atomic mass is 10.0. The Kier molecular flexibility index (Phi) is 6.57. The second-order valence-corrected chi connectivity index (χ2v) is 8.98. The van der Waals surface area contributed by atoms with Gasteiger partial charge in [-0.3, -0.25) is 9.52 Å². The van der Waals surface area contributed by atoms with E-state index >= 15 is 0 Å². The zero-order chi connectivity index (χ0) is 21.7. The zero-order valence-corrected chi connectivity index (χ0v) is 18.2. The molecule has 156 valence electrons. The first-order valence-corrected chi connectivity index (χ1v) is 11.3. The maximum absolute atomic E-state index is 12.8. The van der Waals surface area contributed by atoms with Gasteiger partial charge in [0, 0.05) is 5.56 Å². The summed E-state index contributed by atoms with van der Waals surface area (Å²) in [6, 6.07) is 21.2. The van der Waals surface area contributed by atoms with Crippen LogP contribution in [0.25, 0.3) is 0 Å². The first-order valence-electron chi connectivity index (χ1n) is 9.86. The molecule has 6 heteroatoms. The number of aryl methyl sites for hydroxylation is 2. The van der Waals surface area contributed by atoms with Crippen LogP contribution in [0.2, 0.25) is 0 Å². The van der Waals surface area contributed by atoms with Gasteiger partial charge < -0.3 is 5.32 Å². The van der Waals surface area contributed by atoms with Gasteiger partial charge in [-0.15, -0.1) is 0 Å². The molecule has 0 aliphatic carbocycles. The van der Waals surface area contributed by atoms with Crippen molar-refractivity contribution < 1.29 is 13.2 Å². The van der Waals surface area contributed by atoms with E-state index in [4.69, 9.17) is 0 Å². The molecule has 1 amide bonds. The molecule has 1 atom stereocenters. The molecule has 0 aromatic heterocycles. The summed E-state index contributed by atoms with van der Waals surface area (Å²) in [4.78, 5) is 13.0. The number of hydrogen-bond donors (Lipinski definition) is 2. The van der Waals surface area contributed by atoms with E-state index in [-0.39, 0.29) is 16.8 Å². The maximum atomic E-state index is 12.8. The highest BCUT2D eigenvalue weighted by Gasteiger charge is 2.17. The Balaban J connectivity index is 1.75. The molecule has 0 fully saturated rings. The van der Waals surface area contributed by atoms with Crippen molar-refractivity contribution in [1.29, 1.82) is 0 Å². The van der Waals surface area contributed by atoms with Gasteiger partial charge in [0.05, 0.1) is 16.6 Å². The molecule has 0 saturated heterocycles. The molecule has 0 heterocycles. The van der Waals surface area contributed by atoms with E-state index in [1.54, 1.807) is 43.3 Å². The summed E-state index contributed by atoms with van der Waals surface area (Å²) >= 11 is 0. The number of hydrogen-bond acceptors (Lipinski definition) is 3. The lowest BCUT2D eigenvalue weighted by Gasteiger charge is -2.18. The summed E-state index contributed by atoms with van der Waals surface area (Å²) in [6.45, 7) is 5.83. The molecule has 2 N–H and O–H groups in total. The molecule has 0 radical (unpaired) electrons. The average Bonchev–Trinajstić information content (AvgIpc) is 2.74. The number of carbonyl (C=O) groups is 1. The highest BCUT2D eigenvalue weighted by molar-refractivity contribution is 7.92. The molecule has 0 spiro atoms. The first kappa shape index (κ1) is 21.6. The Bertz CT molecular complexity index is 1120. The van der Waals surface area contributed by atoms with Crippen molar-refractivity contribution in [2.45, 2.75) is 38.1 Å². The number of nitrogens with one attached hydrogen (secondary N) is 2. The van der Waals surface area contributed by atoms with Gasteiger partial charge >= 0.3 is 0 Å². The van der Waals surface area contributed by atoms with Crippen LogP contribution in [0, 0.1) is 13.8 Å². The molecule has 5 nitrogen and oxygen atoms in total. The Morgan fingerprint density at radius 3 is 2.20 bits per heavy atom. The summed E-state index contributed by atoms with van der Waals surface area (Å²) in [5.41, 5.74) is 3.83. The molecule has 0 unspecified atom stereocenters. The van der Waals surface area contributed by atoms with Gasteiger partial charge in [-0.25, -0.2) is 8.42 Å². The normalized spacial score (nSPS) is 12.2. The van der Waals surface area contributed by atoms with E-state index in [2.05, 4.69) is 10.0 Å². The molecule has 3 aromatic carbocycles. The largest absolute Gasteiger partial charge is 0.345 e. The second kappa shape index (κ2) is 9.13.